The topological polar surface area (TPSA) is 78.4 Å². The first-order chi connectivity index (χ1) is 12.7. The van der Waals surface area contributed by atoms with Crippen molar-refractivity contribution >= 4 is 35.3 Å². The van der Waals surface area contributed by atoms with Crippen molar-refractivity contribution in [3.8, 4) is 0 Å². The lowest BCUT2D eigenvalue weighted by Gasteiger charge is -2.14. The Bertz CT molecular complexity index is 684. The second-order valence-corrected chi connectivity index (χ2v) is 7.69. The van der Waals surface area contributed by atoms with Gasteiger partial charge in [-0.05, 0) is 24.3 Å². The molecule has 26 heavy (non-hydrogen) atoms. The van der Waals surface area contributed by atoms with Crippen LogP contribution in [0.2, 0.25) is 0 Å². The van der Waals surface area contributed by atoms with Gasteiger partial charge < -0.3 is 15.7 Å². The fourth-order valence-electron chi connectivity index (χ4n) is 2.07. The van der Waals surface area contributed by atoms with Crippen molar-refractivity contribution in [2.24, 2.45) is 0 Å². The number of carbonyl (C=O) groups excluding carboxylic acids is 2. The zero-order valence-electron chi connectivity index (χ0n) is 14.3. The van der Waals surface area contributed by atoms with Crippen LogP contribution in [0.25, 0.3) is 0 Å². The van der Waals surface area contributed by atoms with Gasteiger partial charge in [0.2, 0.25) is 0 Å². The van der Waals surface area contributed by atoms with Crippen molar-refractivity contribution in [1.29, 1.82) is 0 Å². The Morgan fingerprint density at radius 1 is 0.846 bits per heavy atom. The highest BCUT2D eigenvalue weighted by Gasteiger charge is 2.11. The molecule has 0 radical (unpaired) electrons. The van der Waals surface area contributed by atoms with Gasteiger partial charge in [0, 0.05) is 22.1 Å². The maximum Gasteiger partial charge on any atom is 0.251 e. The molecule has 5 nitrogen and oxygen atoms in total. The Balaban J connectivity index is 1.61. The van der Waals surface area contributed by atoms with Crippen LogP contribution in [0, 0.1) is 0 Å². The molecule has 0 bridgehead atoms. The molecule has 2 aromatic carbocycles. The number of carbonyl (C=O) groups is 2. The van der Waals surface area contributed by atoms with Gasteiger partial charge in [-0.15, -0.1) is 23.5 Å². The third-order valence-corrected chi connectivity index (χ3v) is 5.76. The van der Waals surface area contributed by atoms with Gasteiger partial charge in [-0.3, -0.25) is 9.59 Å². The molecule has 0 spiro atoms. The second-order valence-electron chi connectivity index (χ2n) is 5.37. The van der Waals surface area contributed by atoms with Crippen LogP contribution < -0.4 is 10.6 Å². The number of aliphatic hydroxyl groups is 1. The molecule has 2 amide bonds. The molecular formula is C19H22N2O3S2. The normalized spacial score (nSPS) is 11.6. The molecule has 0 heterocycles. The van der Waals surface area contributed by atoms with Gasteiger partial charge in [-0.1, -0.05) is 36.4 Å². The Morgan fingerprint density at radius 2 is 1.35 bits per heavy atom. The van der Waals surface area contributed by atoms with Crippen LogP contribution >= 0.6 is 23.5 Å². The van der Waals surface area contributed by atoms with E-state index >= 15 is 0 Å². The van der Waals surface area contributed by atoms with Gasteiger partial charge in [-0.25, -0.2) is 0 Å². The molecule has 1 atom stereocenters. The summed E-state index contributed by atoms with van der Waals surface area (Å²) in [6, 6.07) is 18.1. The Labute approximate surface area is 162 Å². The van der Waals surface area contributed by atoms with Crippen LogP contribution in [0.5, 0.6) is 0 Å². The fraction of sp³-hybridized carbons (Fsp3) is 0.263. The van der Waals surface area contributed by atoms with E-state index in [2.05, 4.69) is 10.6 Å². The number of amides is 2. The molecule has 0 saturated carbocycles. The van der Waals surface area contributed by atoms with Gasteiger partial charge in [0.25, 0.3) is 11.8 Å². The molecule has 7 heteroatoms. The molecule has 0 aliphatic carbocycles. The summed E-state index contributed by atoms with van der Waals surface area (Å²) in [5, 5.41) is 15.1. The summed E-state index contributed by atoms with van der Waals surface area (Å²) in [4.78, 5) is 23.9. The third-order valence-electron chi connectivity index (χ3n) is 3.47. The first-order valence-electron chi connectivity index (χ1n) is 8.17. The van der Waals surface area contributed by atoms with E-state index in [1.165, 1.54) is 23.5 Å². The van der Waals surface area contributed by atoms with E-state index in [4.69, 9.17) is 0 Å². The summed E-state index contributed by atoms with van der Waals surface area (Å²) >= 11 is 3.02. The van der Waals surface area contributed by atoms with Gasteiger partial charge in [-0.2, -0.15) is 0 Å². The van der Waals surface area contributed by atoms with Gasteiger partial charge in [0.15, 0.2) is 0 Å². The molecule has 1 unspecified atom stereocenters. The number of nitrogens with one attached hydrogen (secondary N) is 2. The number of hydrogen-bond acceptors (Lipinski definition) is 5. The highest BCUT2D eigenvalue weighted by molar-refractivity contribution is 8.03. The van der Waals surface area contributed by atoms with Crippen LogP contribution in [0.4, 0.5) is 0 Å². The highest BCUT2D eigenvalue weighted by Crippen LogP contribution is 2.15. The van der Waals surface area contributed by atoms with E-state index in [1.54, 1.807) is 24.3 Å². The van der Waals surface area contributed by atoms with Crippen LogP contribution in [0.1, 0.15) is 20.7 Å². The Hall–Kier alpha value is -1.96. The second kappa shape index (κ2) is 11.6. The lowest BCUT2D eigenvalue weighted by atomic mass is 10.2. The molecule has 0 fully saturated rings. The average Bonchev–Trinajstić information content (AvgIpc) is 2.70. The minimum absolute atomic E-state index is 0.00954. The maximum absolute atomic E-state index is 11.9. The zero-order chi connectivity index (χ0) is 18.6. The monoisotopic (exact) mass is 390 g/mol. The fourth-order valence-corrected chi connectivity index (χ4v) is 4.02. The minimum atomic E-state index is -0.127. The molecule has 0 aliphatic heterocycles. The van der Waals surface area contributed by atoms with E-state index in [-0.39, 0.29) is 23.7 Å². The van der Waals surface area contributed by atoms with Crippen molar-refractivity contribution < 1.29 is 14.7 Å². The molecule has 2 rings (SSSR count). The third kappa shape index (κ3) is 7.11. The van der Waals surface area contributed by atoms with Crippen molar-refractivity contribution in [2.75, 3.05) is 24.1 Å². The van der Waals surface area contributed by atoms with Crippen LogP contribution in [0.15, 0.2) is 60.7 Å². The van der Waals surface area contributed by atoms with E-state index in [0.29, 0.717) is 28.6 Å². The van der Waals surface area contributed by atoms with Gasteiger partial charge >= 0.3 is 0 Å². The SMILES string of the molecule is O=C(NCSCC(CO)SCNC(=O)c1ccccc1)c1ccccc1. The first-order valence-corrected chi connectivity index (χ1v) is 10.4. The molecule has 0 aliphatic rings. The first kappa shape index (κ1) is 20.4. The quantitative estimate of drug-likeness (QED) is 0.429. The molecule has 138 valence electrons. The van der Waals surface area contributed by atoms with Crippen molar-refractivity contribution in [3.05, 3.63) is 71.8 Å². The smallest absolute Gasteiger partial charge is 0.251 e. The van der Waals surface area contributed by atoms with Crippen molar-refractivity contribution in [1.82, 2.24) is 10.6 Å². The molecule has 2 aromatic rings. The molecule has 0 saturated heterocycles. The number of aliphatic hydroxyl groups excluding tert-OH is 1. The average molecular weight is 391 g/mol. The van der Waals surface area contributed by atoms with E-state index in [0.717, 1.165) is 0 Å². The van der Waals surface area contributed by atoms with E-state index < -0.39 is 0 Å². The summed E-state index contributed by atoms with van der Waals surface area (Å²) in [7, 11) is 0. The largest absolute Gasteiger partial charge is 0.395 e. The van der Waals surface area contributed by atoms with Gasteiger partial charge in [0.05, 0.1) is 18.4 Å². The summed E-state index contributed by atoms with van der Waals surface area (Å²) in [6.07, 6.45) is 0. The minimum Gasteiger partial charge on any atom is -0.395 e. The Morgan fingerprint density at radius 3 is 1.85 bits per heavy atom. The lowest BCUT2D eigenvalue weighted by molar-refractivity contribution is 0.0952. The predicted molar refractivity (Wildman–Crippen MR) is 108 cm³/mol. The summed E-state index contributed by atoms with van der Waals surface area (Å²) in [5.41, 5.74) is 1.25. The van der Waals surface area contributed by atoms with E-state index in [1.807, 2.05) is 36.4 Å². The van der Waals surface area contributed by atoms with Crippen LogP contribution in [0.3, 0.4) is 0 Å². The maximum atomic E-state index is 11.9. The zero-order valence-corrected chi connectivity index (χ0v) is 15.9. The summed E-state index contributed by atoms with van der Waals surface area (Å²) in [5.74, 6) is 1.34. The van der Waals surface area contributed by atoms with E-state index in [9.17, 15) is 14.7 Å². The van der Waals surface area contributed by atoms with Gasteiger partial charge in [0.1, 0.15) is 0 Å². The highest BCUT2D eigenvalue weighted by atomic mass is 32.2. The number of thioether (sulfide) groups is 2. The standard InChI is InChI=1S/C19H22N2O3S2/c22-11-17(26-14-21-19(24)16-9-5-2-6-10-16)12-25-13-20-18(23)15-7-3-1-4-8-15/h1-10,17,22H,11-14H2,(H,20,23)(H,21,24). The number of rotatable bonds is 10. The Kier molecular flexibility index (Phi) is 9.09. The van der Waals surface area contributed by atoms with Crippen LogP contribution in [-0.4, -0.2) is 46.3 Å². The van der Waals surface area contributed by atoms with Crippen molar-refractivity contribution in [3.63, 3.8) is 0 Å². The molecule has 3 N–H and O–H groups in total. The lowest BCUT2D eigenvalue weighted by Crippen LogP contribution is -2.26. The summed E-state index contributed by atoms with van der Waals surface area (Å²) < 4.78 is 0. The number of benzene rings is 2. The predicted octanol–water partition coefficient (Wildman–Crippen LogP) is 2.59. The molecular weight excluding hydrogens is 368 g/mol. The van der Waals surface area contributed by atoms with Crippen molar-refractivity contribution in [2.45, 2.75) is 5.25 Å². The number of hydrogen-bond donors (Lipinski definition) is 3. The molecule has 0 aromatic heterocycles. The summed E-state index contributed by atoms with van der Waals surface area (Å²) in [6.45, 7) is 0.0194. The van der Waals surface area contributed by atoms with Crippen LogP contribution in [-0.2, 0) is 0 Å².